The van der Waals surface area contributed by atoms with Gasteiger partial charge in [0.05, 0.1) is 0 Å². The maximum absolute atomic E-state index is 10.8. The summed E-state index contributed by atoms with van der Waals surface area (Å²) in [5.74, 6) is -3.53. The number of hydrogen-bond acceptors (Lipinski definition) is 2. The molecular weight excluding hydrogens is 303 g/mol. The molecule has 4 nitrogen and oxygen atoms in total. The quantitative estimate of drug-likeness (QED) is 0.273. The Morgan fingerprint density at radius 1 is 0.826 bits per heavy atom. The van der Waals surface area contributed by atoms with Crippen LogP contribution in [0.2, 0.25) is 0 Å². The van der Waals surface area contributed by atoms with E-state index < -0.39 is 17.9 Å². The normalized spacial score (nSPS) is 12.0. The van der Waals surface area contributed by atoms with Crippen LogP contribution in [0.1, 0.15) is 92.3 Å². The Balaban J connectivity index is -0.00000220. The molecule has 0 saturated carbocycles. The molecule has 132 valence electrons. The second kappa shape index (κ2) is 16.8. The van der Waals surface area contributed by atoms with Gasteiger partial charge >= 0.3 is 41.5 Å². The summed E-state index contributed by atoms with van der Waals surface area (Å²) < 4.78 is 0. The third-order valence-corrected chi connectivity index (χ3v) is 4.28. The van der Waals surface area contributed by atoms with Gasteiger partial charge in [0.15, 0.2) is 5.92 Å². The molecule has 1 atom stereocenters. The molecule has 1 unspecified atom stereocenters. The van der Waals surface area contributed by atoms with Crippen molar-refractivity contribution in [2.45, 2.75) is 90.9 Å². The Bertz CT molecular complexity index is 299. The molecule has 23 heavy (non-hydrogen) atoms. The molecule has 0 fully saturated rings. The standard InChI is InChI=1S/C18H34O4.Na.H/c1-3-4-5-6-7-8-9-10-11-12-13-15(2)14-16(17(19)20)18(21)22;;/h15-16H,3-14H2,1-2H3,(H,19,20)(H,21,22);;/q;+1;-1. The zero-order valence-electron chi connectivity index (χ0n) is 16.4. The van der Waals surface area contributed by atoms with Crippen LogP contribution in [0, 0.1) is 11.8 Å². The third-order valence-electron chi connectivity index (χ3n) is 4.28. The molecule has 0 aliphatic rings. The topological polar surface area (TPSA) is 74.6 Å². The van der Waals surface area contributed by atoms with E-state index in [1.165, 1.54) is 57.8 Å². The molecule has 0 aromatic rings. The monoisotopic (exact) mass is 338 g/mol. The number of hydrogen-bond donors (Lipinski definition) is 2. The second-order valence-electron chi connectivity index (χ2n) is 6.54. The fourth-order valence-corrected chi connectivity index (χ4v) is 2.81. The molecule has 0 rings (SSSR count). The SMILES string of the molecule is CCCCCCCCCCCCC(C)CC(C(=O)O)C(=O)O.[H-].[Na+]. The molecule has 0 aromatic heterocycles. The first-order valence-corrected chi connectivity index (χ1v) is 8.94. The van der Waals surface area contributed by atoms with Gasteiger partial charge in [-0.2, -0.15) is 0 Å². The average molecular weight is 338 g/mol. The minimum Gasteiger partial charge on any atom is -1.00 e. The molecular formula is C18H35NaO4. The summed E-state index contributed by atoms with van der Waals surface area (Å²) in [5, 5.41) is 17.7. The van der Waals surface area contributed by atoms with Gasteiger partial charge in [0.2, 0.25) is 0 Å². The smallest absolute Gasteiger partial charge is 1.00 e. The summed E-state index contributed by atoms with van der Waals surface area (Å²) >= 11 is 0. The van der Waals surface area contributed by atoms with Crippen LogP contribution in [0.25, 0.3) is 0 Å². The Morgan fingerprint density at radius 3 is 1.61 bits per heavy atom. The Hall–Kier alpha value is -0.0600. The van der Waals surface area contributed by atoms with E-state index in [4.69, 9.17) is 10.2 Å². The molecule has 0 amide bonds. The van der Waals surface area contributed by atoms with E-state index in [1.807, 2.05) is 6.92 Å². The van der Waals surface area contributed by atoms with Gasteiger partial charge in [-0.05, 0) is 12.3 Å². The Kier molecular flexibility index (Phi) is 18.4. The van der Waals surface area contributed by atoms with Gasteiger partial charge < -0.3 is 11.6 Å². The number of carboxylic acid groups (broad SMARTS) is 2. The van der Waals surface area contributed by atoms with Crippen LogP contribution in [0.3, 0.4) is 0 Å². The van der Waals surface area contributed by atoms with E-state index in [0.29, 0.717) is 0 Å². The van der Waals surface area contributed by atoms with E-state index in [9.17, 15) is 9.59 Å². The molecule has 0 aromatic carbocycles. The molecule has 0 aliphatic carbocycles. The van der Waals surface area contributed by atoms with Crippen LogP contribution >= 0.6 is 0 Å². The number of aliphatic carboxylic acids is 2. The van der Waals surface area contributed by atoms with Crippen molar-refractivity contribution < 1.29 is 50.8 Å². The van der Waals surface area contributed by atoms with E-state index in [-0.39, 0.29) is 43.3 Å². The molecule has 0 radical (unpaired) electrons. The van der Waals surface area contributed by atoms with Gasteiger partial charge in [0.25, 0.3) is 0 Å². The van der Waals surface area contributed by atoms with E-state index in [2.05, 4.69) is 6.92 Å². The first-order valence-electron chi connectivity index (χ1n) is 8.94. The van der Waals surface area contributed by atoms with Crippen LogP contribution in [0.4, 0.5) is 0 Å². The van der Waals surface area contributed by atoms with E-state index >= 15 is 0 Å². The van der Waals surface area contributed by atoms with Crippen molar-refractivity contribution in [3.63, 3.8) is 0 Å². The molecule has 0 saturated heterocycles. The average Bonchev–Trinajstić information content (AvgIpc) is 2.46. The number of rotatable bonds is 15. The number of unbranched alkanes of at least 4 members (excludes halogenated alkanes) is 9. The molecule has 0 spiro atoms. The van der Waals surface area contributed by atoms with Crippen molar-refractivity contribution >= 4 is 11.9 Å². The first kappa shape index (κ1) is 25.2. The minimum absolute atomic E-state index is 0. The van der Waals surface area contributed by atoms with Gasteiger partial charge in [0.1, 0.15) is 0 Å². The summed E-state index contributed by atoms with van der Waals surface area (Å²) in [6.45, 7) is 4.18. The summed E-state index contributed by atoms with van der Waals surface area (Å²) in [6.07, 6.45) is 14.0. The zero-order chi connectivity index (χ0) is 16.8. The predicted molar refractivity (Wildman–Crippen MR) is 90.1 cm³/mol. The zero-order valence-corrected chi connectivity index (χ0v) is 17.4. The van der Waals surface area contributed by atoms with Crippen molar-refractivity contribution in [1.82, 2.24) is 0 Å². The minimum atomic E-state index is -1.25. The van der Waals surface area contributed by atoms with Gasteiger partial charge in [-0.3, -0.25) is 9.59 Å². The van der Waals surface area contributed by atoms with Crippen LogP contribution in [0.15, 0.2) is 0 Å². The third kappa shape index (κ3) is 15.2. The maximum atomic E-state index is 10.8. The summed E-state index contributed by atoms with van der Waals surface area (Å²) in [6, 6.07) is 0. The first-order chi connectivity index (χ1) is 10.5. The molecule has 5 heteroatoms. The summed E-state index contributed by atoms with van der Waals surface area (Å²) in [5.41, 5.74) is 0. The Morgan fingerprint density at radius 2 is 1.22 bits per heavy atom. The number of carboxylic acids is 2. The van der Waals surface area contributed by atoms with Crippen molar-refractivity contribution in [3.05, 3.63) is 0 Å². The van der Waals surface area contributed by atoms with Crippen LogP contribution in [-0.2, 0) is 9.59 Å². The van der Waals surface area contributed by atoms with Crippen molar-refractivity contribution in [1.29, 1.82) is 0 Å². The summed E-state index contributed by atoms with van der Waals surface area (Å²) in [4.78, 5) is 21.7. The van der Waals surface area contributed by atoms with Crippen LogP contribution in [0.5, 0.6) is 0 Å². The number of carbonyl (C=O) groups is 2. The Labute approximate surface area is 165 Å². The molecule has 0 bridgehead atoms. The van der Waals surface area contributed by atoms with E-state index in [0.717, 1.165) is 12.8 Å². The molecule has 0 heterocycles. The maximum Gasteiger partial charge on any atom is 1.00 e. The largest absolute Gasteiger partial charge is 1.00 e. The predicted octanol–water partition coefficient (Wildman–Crippen LogP) is 2.23. The molecule has 2 N–H and O–H groups in total. The van der Waals surface area contributed by atoms with Crippen LogP contribution in [-0.4, -0.2) is 22.2 Å². The van der Waals surface area contributed by atoms with Gasteiger partial charge in [-0.15, -0.1) is 0 Å². The van der Waals surface area contributed by atoms with Gasteiger partial charge in [0, 0.05) is 0 Å². The molecule has 0 aliphatic heterocycles. The fraction of sp³-hybridized carbons (Fsp3) is 0.889. The van der Waals surface area contributed by atoms with Gasteiger partial charge in [-0.25, -0.2) is 0 Å². The van der Waals surface area contributed by atoms with Crippen molar-refractivity contribution in [2.75, 3.05) is 0 Å². The fourth-order valence-electron chi connectivity index (χ4n) is 2.81. The summed E-state index contributed by atoms with van der Waals surface area (Å²) in [7, 11) is 0. The van der Waals surface area contributed by atoms with Crippen molar-refractivity contribution in [3.8, 4) is 0 Å². The van der Waals surface area contributed by atoms with Crippen LogP contribution < -0.4 is 29.6 Å². The van der Waals surface area contributed by atoms with Gasteiger partial charge in [-0.1, -0.05) is 84.5 Å². The van der Waals surface area contributed by atoms with E-state index in [1.54, 1.807) is 0 Å². The van der Waals surface area contributed by atoms with Crippen molar-refractivity contribution in [2.24, 2.45) is 11.8 Å². The second-order valence-corrected chi connectivity index (χ2v) is 6.54.